The summed E-state index contributed by atoms with van der Waals surface area (Å²) in [6.07, 6.45) is 0.798. The number of hydrogen-bond acceptors (Lipinski definition) is 3. The van der Waals surface area contributed by atoms with Gasteiger partial charge in [0.2, 0.25) is 5.91 Å². The van der Waals surface area contributed by atoms with Gasteiger partial charge < -0.3 is 14.7 Å². The number of aliphatic carboxylic acids is 1. The predicted octanol–water partition coefficient (Wildman–Crippen LogP) is 3.57. The number of nitrogens with zero attached hydrogens (tertiary/aromatic N) is 1. The number of amides is 1. The van der Waals surface area contributed by atoms with E-state index in [4.69, 9.17) is 21.4 Å². The van der Waals surface area contributed by atoms with E-state index in [9.17, 15) is 9.59 Å². The molecule has 1 fully saturated rings. The molecular weight excluding hydrogens is 342 g/mol. The van der Waals surface area contributed by atoms with Crippen molar-refractivity contribution in [3.05, 3.63) is 59.1 Å². The van der Waals surface area contributed by atoms with Gasteiger partial charge in [0.05, 0.1) is 0 Å². The first-order valence-corrected chi connectivity index (χ1v) is 8.32. The largest absolute Gasteiger partial charge is 0.482 e. The van der Waals surface area contributed by atoms with Crippen LogP contribution in [0.2, 0.25) is 5.02 Å². The van der Waals surface area contributed by atoms with E-state index in [0.29, 0.717) is 10.8 Å². The summed E-state index contributed by atoms with van der Waals surface area (Å²) in [5.41, 5.74) is 1.76. The Bertz CT molecular complexity index is 790. The molecule has 0 saturated heterocycles. The third kappa shape index (κ3) is 3.94. The molecule has 130 valence electrons. The van der Waals surface area contributed by atoms with Crippen molar-refractivity contribution in [3.63, 3.8) is 0 Å². The van der Waals surface area contributed by atoms with Crippen LogP contribution in [-0.4, -0.2) is 30.6 Å². The molecule has 2 aromatic rings. The molecule has 0 aromatic heterocycles. The fraction of sp³-hybridized carbons (Fsp3) is 0.263. The average molecular weight is 360 g/mol. The number of ether oxygens (including phenoxy) is 1. The Balaban J connectivity index is 1.63. The second-order valence-corrected chi connectivity index (χ2v) is 6.45. The number of carboxylic acid groups (broad SMARTS) is 1. The zero-order valence-electron chi connectivity index (χ0n) is 13.7. The van der Waals surface area contributed by atoms with Crippen LogP contribution < -0.4 is 9.64 Å². The molecule has 5 nitrogen and oxygen atoms in total. The highest BCUT2D eigenvalue weighted by Crippen LogP contribution is 2.50. The lowest BCUT2D eigenvalue weighted by molar-refractivity contribution is -0.139. The topological polar surface area (TPSA) is 66.8 Å². The van der Waals surface area contributed by atoms with E-state index < -0.39 is 12.6 Å². The maximum Gasteiger partial charge on any atom is 0.341 e. The first-order valence-electron chi connectivity index (χ1n) is 7.94. The van der Waals surface area contributed by atoms with Gasteiger partial charge >= 0.3 is 5.97 Å². The molecule has 1 saturated carbocycles. The second-order valence-electron chi connectivity index (χ2n) is 6.04. The number of halogens is 1. The monoisotopic (exact) mass is 359 g/mol. The Labute approximate surface area is 150 Å². The molecule has 6 heteroatoms. The minimum Gasteiger partial charge on any atom is -0.482 e. The van der Waals surface area contributed by atoms with Crippen molar-refractivity contribution in [2.75, 3.05) is 18.6 Å². The lowest BCUT2D eigenvalue weighted by Gasteiger charge is -2.18. The third-order valence-electron chi connectivity index (χ3n) is 4.33. The van der Waals surface area contributed by atoms with Crippen molar-refractivity contribution in [2.45, 2.75) is 12.3 Å². The van der Waals surface area contributed by atoms with Crippen molar-refractivity contribution in [2.24, 2.45) is 5.92 Å². The molecule has 25 heavy (non-hydrogen) atoms. The number of carbonyl (C=O) groups excluding carboxylic acids is 1. The van der Waals surface area contributed by atoms with Gasteiger partial charge in [-0.2, -0.15) is 0 Å². The Morgan fingerprint density at radius 2 is 1.88 bits per heavy atom. The molecule has 1 N–H and O–H groups in total. The van der Waals surface area contributed by atoms with E-state index in [1.165, 1.54) is 0 Å². The van der Waals surface area contributed by atoms with Gasteiger partial charge in [0.1, 0.15) is 5.75 Å². The average Bonchev–Trinajstić information content (AvgIpc) is 3.40. The molecular formula is C19H18ClNO4. The van der Waals surface area contributed by atoms with E-state index in [2.05, 4.69) is 0 Å². The molecule has 0 spiro atoms. The lowest BCUT2D eigenvalue weighted by atomic mass is 10.1. The van der Waals surface area contributed by atoms with Crippen LogP contribution in [0.25, 0.3) is 0 Å². The molecule has 0 aliphatic heterocycles. The van der Waals surface area contributed by atoms with Crippen molar-refractivity contribution >= 4 is 29.2 Å². The van der Waals surface area contributed by atoms with Crippen LogP contribution in [-0.2, 0) is 9.59 Å². The van der Waals surface area contributed by atoms with E-state index in [0.717, 1.165) is 17.7 Å². The Kier molecular flexibility index (Phi) is 4.95. The number of carboxylic acids is 1. The van der Waals surface area contributed by atoms with Gasteiger partial charge in [-0.3, -0.25) is 4.79 Å². The lowest BCUT2D eigenvalue weighted by Crippen LogP contribution is -2.28. The predicted molar refractivity (Wildman–Crippen MR) is 95.3 cm³/mol. The van der Waals surface area contributed by atoms with Crippen molar-refractivity contribution in [3.8, 4) is 5.75 Å². The summed E-state index contributed by atoms with van der Waals surface area (Å²) in [5, 5.41) is 9.31. The zero-order chi connectivity index (χ0) is 18.0. The summed E-state index contributed by atoms with van der Waals surface area (Å²) in [4.78, 5) is 24.8. The van der Waals surface area contributed by atoms with Crippen molar-refractivity contribution in [1.29, 1.82) is 0 Å². The molecule has 0 radical (unpaired) electrons. The highest BCUT2D eigenvalue weighted by molar-refractivity contribution is 6.31. The van der Waals surface area contributed by atoms with Crippen LogP contribution in [0.15, 0.2) is 48.5 Å². The number of anilines is 1. The van der Waals surface area contributed by atoms with Crippen LogP contribution in [0, 0.1) is 5.92 Å². The minimum absolute atomic E-state index is 0.0455. The molecule has 1 aliphatic carbocycles. The maximum absolute atomic E-state index is 12.7. The van der Waals surface area contributed by atoms with Crippen LogP contribution in [0.5, 0.6) is 5.75 Å². The van der Waals surface area contributed by atoms with Gasteiger partial charge in [0.25, 0.3) is 0 Å². The summed E-state index contributed by atoms with van der Waals surface area (Å²) in [6, 6.07) is 14.4. The first kappa shape index (κ1) is 17.3. The standard InChI is InChI=1S/C19H18ClNO4/c1-21(12-6-8-13(9-7-12)25-11-18(22)23)19(24)16-10-15(16)14-4-2-3-5-17(14)20/h2-9,15-16H,10-11H2,1H3,(H,22,23). The molecule has 1 amide bonds. The van der Waals surface area contributed by atoms with Gasteiger partial charge in [-0.25, -0.2) is 4.79 Å². The summed E-state index contributed by atoms with van der Waals surface area (Å²) in [7, 11) is 1.73. The summed E-state index contributed by atoms with van der Waals surface area (Å²) in [5.74, 6) is -0.429. The smallest absolute Gasteiger partial charge is 0.341 e. The summed E-state index contributed by atoms with van der Waals surface area (Å²) < 4.78 is 5.09. The molecule has 3 rings (SSSR count). The third-order valence-corrected chi connectivity index (χ3v) is 4.67. The van der Waals surface area contributed by atoms with Crippen molar-refractivity contribution in [1.82, 2.24) is 0 Å². The van der Waals surface area contributed by atoms with E-state index in [-0.39, 0.29) is 17.7 Å². The van der Waals surface area contributed by atoms with Gasteiger partial charge in [-0.15, -0.1) is 0 Å². The van der Waals surface area contributed by atoms with Crippen LogP contribution in [0.3, 0.4) is 0 Å². The maximum atomic E-state index is 12.7. The van der Waals surface area contributed by atoms with E-state index >= 15 is 0 Å². The zero-order valence-corrected chi connectivity index (χ0v) is 14.4. The molecule has 1 aliphatic rings. The molecule has 2 atom stereocenters. The van der Waals surface area contributed by atoms with Gasteiger partial charge in [-0.1, -0.05) is 29.8 Å². The minimum atomic E-state index is -1.03. The van der Waals surface area contributed by atoms with Gasteiger partial charge in [0.15, 0.2) is 6.61 Å². The van der Waals surface area contributed by atoms with Gasteiger partial charge in [-0.05, 0) is 48.2 Å². The summed E-state index contributed by atoms with van der Waals surface area (Å²) in [6.45, 7) is -0.393. The number of benzene rings is 2. The Morgan fingerprint density at radius 3 is 2.52 bits per heavy atom. The fourth-order valence-corrected chi connectivity index (χ4v) is 3.15. The normalized spacial score (nSPS) is 18.5. The van der Waals surface area contributed by atoms with Crippen LogP contribution in [0.1, 0.15) is 17.9 Å². The highest BCUT2D eigenvalue weighted by atomic mass is 35.5. The summed E-state index contributed by atoms with van der Waals surface area (Å²) >= 11 is 6.21. The van der Waals surface area contributed by atoms with E-state index in [1.807, 2.05) is 24.3 Å². The fourth-order valence-electron chi connectivity index (χ4n) is 2.87. The van der Waals surface area contributed by atoms with Crippen molar-refractivity contribution < 1.29 is 19.4 Å². The second kappa shape index (κ2) is 7.15. The SMILES string of the molecule is CN(C(=O)C1CC1c1ccccc1Cl)c1ccc(OCC(=O)O)cc1. The number of carbonyl (C=O) groups is 2. The van der Waals surface area contributed by atoms with E-state index in [1.54, 1.807) is 36.2 Å². The molecule has 0 bridgehead atoms. The highest BCUT2D eigenvalue weighted by Gasteiger charge is 2.46. The van der Waals surface area contributed by atoms with Crippen LogP contribution >= 0.6 is 11.6 Å². The Hall–Kier alpha value is -2.53. The quantitative estimate of drug-likeness (QED) is 0.856. The first-order chi connectivity index (χ1) is 12.0. The number of rotatable bonds is 6. The molecule has 0 heterocycles. The number of hydrogen-bond donors (Lipinski definition) is 1. The molecule has 2 aromatic carbocycles. The molecule has 2 unspecified atom stereocenters. The van der Waals surface area contributed by atoms with Crippen LogP contribution in [0.4, 0.5) is 5.69 Å². The Morgan fingerprint density at radius 1 is 1.20 bits per heavy atom. The van der Waals surface area contributed by atoms with Gasteiger partial charge in [0, 0.05) is 23.7 Å².